The SMILES string of the molecule is O=C(O)C(O)C(O)c1ccc([N+](=O)[O-])cn1. The minimum Gasteiger partial charge on any atom is -0.479 e. The summed E-state index contributed by atoms with van der Waals surface area (Å²) in [5.74, 6) is -1.60. The monoisotopic (exact) mass is 228 g/mol. The minimum absolute atomic E-state index is 0.152. The topological polar surface area (TPSA) is 134 Å². The number of aromatic nitrogens is 1. The van der Waals surface area contributed by atoms with E-state index >= 15 is 0 Å². The lowest BCUT2D eigenvalue weighted by Crippen LogP contribution is -2.28. The van der Waals surface area contributed by atoms with Crippen LogP contribution >= 0.6 is 0 Å². The van der Waals surface area contributed by atoms with E-state index in [0.717, 1.165) is 18.3 Å². The zero-order valence-corrected chi connectivity index (χ0v) is 7.85. The first-order valence-corrected chi connectivity index (χ1v) is 4.12. The number of nitro groups is 1. The first-order valence-electron chi connectivity index (χ1n) is 4.12. The summed E-state index contributed by atoms with van der Waals surface area (Å²) < 4.78 is 0. The predicted molar refractivity (Wildman–Crippen MR) is 49.5 cm³/mol. The van der Waals surface area contributed by atoms with Crippen LogP contribution in [0.4, 0.5) is 5.69 Å². The normalized spacial score (nSPS) is 14.1. The maximum Gasteiger partial charge on any atom is 0.335 e. The molecule has 0 amide bonds. The second-order valence-electron chi connectivity index (χ2n) is 2.93. The van der Waals surface area contributed by atoms with Crippen molar-refractivity contribution in [2.75, 3.05) is 0 Å². The summed E-state index contributed by atoms with van der Waals surface area (Å²) in [5.41, 5.74) is -0.443. The molecule has 0 aromatic carbocycles. The molecule has 0 aliphatic rings. The molecule has 0 radical (unpaired) electrons. The van der Waals surface area contributed by atoms with Crippen molar-refractivity contribution >= 4 is 11.7 Å². The Morgan fingerprint density at radius 3 is 2.44 bits per heavy atom. The van der Waals surface area contributed by atoms with Crippen LogP contribution in [-0.4, -0.2) is 37.3 Å². The molecule has 1 aromatic heterocycles. The van der Waals surface area contributed by atoms with E-state index in [-0.39, 0.29) is 11.4 Å². The third kappa shape index (κ3) is 2.49. The van der Waals surface area contributed by atoms with Crippen LogP contribution in [0.3, 0.4) is 0 Å². The Morgan fingerprint density at radius 2 is 2.06 bits per heavy atom. The van der Waals surface area contributed by atoms with E-state index in [1.54, 1.807) is 0 Å². The van der Waals surface area contributed by atoms with Crippen molar-refractivity contribution in [3.05, 3.63) is 34.1 Å². The van der Waals surface area contributed by atoms with Gasteiger partial charge in [-0.1, -0.05) is 0 Å². The van der Waals surface area contributed by atoms with E-state index in [2.05, 4.69) is 4.98 Å². The number of aliphatic hydroxyl groups excluding tert-OH is 2. The van der Waals surface area contributed by atoms with Gasteiger partial charge in [0.25, 0.3) is 5.69 Å². The van der Waals surface area contributed by atoms with Gasteiger partial charge in [0, 0.05) is 6.07 Å². The Hall–Kier alpha value is -2.06. The van der Waals surface area contributed by atoms with Gasteiger partial charge >= 0.3 is 5.97 Å². The summed E-state index contributed by atoms with van der Waals surface area (Å²) in [6.45, 7) is 0. The summed E-state index contributed by atoms with van der Waals surface area (Å²) in [7, 11) is 0. The van der Waals surface area contributed by atoms with E-state index in [0.29, 0.717) is 0 Å². The van der Waals surface area contributed by atoms with Crippen molar-refractivity contribution in [1.29, 1.82) is 0 Å². The summed E-state index contributed by atoms with van der Waals surface area (Å²) in [5, 5.41) is 37.0. The highest BCUT2D eigenvalue weighted by molar-refractivity contribution is 5.72. The molecule has 0 saturated carbocycles. The fraction of sp³-hybridized carbons (Fsp3) is 0.250. The van der Waals surface area contributed by atoms with Gasteiger partial charge < -0.3 is 15.3 Å². The molecule has 0 aliphatic carbocycles. The van der Waals surface area contributed by atoms with E-state index in [9.17, 15) is 20.0 Å². The first-order chi connectivity index (χ1) is 7.43. The quantitative estimate of drug-likeness (QED) is 0.465. The highest BCUT2D eigenvalue weighted by Crippen LogP contribution is 2.17. The molecule has 16 heavy (non-hydrogen) atoms. The average molecular weight is 228 g/mol. The standard InChI is InChI=1S/C8H8N2O6/c11-6(7(12)8(13)14)5-2-1-4(3-9-5)10(15)16/h1-3,6-7,11-12H,(H,13,14). The van der Waals surface area contributed by atoms with Gasteiger partial charge in [-0.05, 0) is 6.07 Å². The molecule has 8 heteroatoms. The van der Waals surface area contributed by atoms with E-state index in [4.69, 9.17) is 10.2 Å². The number of carbonyl (C=O) groups is 1. The largest absolute Gasteiger partial charge is 0.479 e. The summed E-state index contributed by atoms with van der Waals surface area (Å²) >= 11 is 0. The number of carboxylic acids is 1. The molecule has 3 N–H and O–H groups in total. The van der Waals surface area contributed by atoms with Crippen LogP contribution in [0.25, 0.3) is 0 Å². The van der Waals surface area contributed by atoms with Crippen molar-refractivity contribution in [3.63, 3.8) is 0 Å². The maximum atomic E-state index is 10.3. The van der Waals surface area contributed by atoms with Crippen LogP contribution < -0.4 is 0 Å². The van der Waals surface area contributed by atoms with Crippen LogP contribution in [0.1, 0.15) is 11.8 Å². The fourth-order valence-electron chi connectivity index (χ4n) is 0.977. The van der Waals surface area contributed by atoms with Crippen LogP contribution in [0.5, 0.6) is 0 Å². The molecule has 0 aliphatic heterocycles. The number of pyridine rings is 1. The first kappa shape index (κ1) is 12.0. The second kappa shape index (κ2) is 4.64. The highest BCUT2D eigenvalue weighted by Gasteiger charge is 2.26. The number of aliphatic carboxylic acids is 1. The molecular formula is C8H8N2O6. The van der Waals surface area contributed by atoms with Crippen molar-refractivity contribution in [1.82, 2.24) is 4.98 Å². The van der Waals surface area contributed by atoms with Gasteiger partial charge in [0.05, 0.1) is 10.6 Å². The molecule has 0 bridgehead atoms. The van der Waals surface area contributed by atoms with Crippen molar-refractivity contribution < 1.29 is 25.0 Å². The lowest BCUT2D eigenvalue weighted by molar-refractivity contribution is -0.385. The molecule has 2 unspecified atom stereocenters. The van der Waals surface area contributed by atoms with Crippen molar-refractivity contribution in [3.8, 4) is 0 Å². The highest BCUT2D eigenvalue weighted by atomic mass is 16.6. The molecule has 0 spiro atoms. The summed E-state index contributed by atoms with van der Waals surface area (Å²) in [6, 6.07) is 2.13. The predicted octanol–water partition coefficient (Wildman–Crippen LogP) is -0.531. The lowest BCUT2D eigenvalue weighted by Gasteiger charge is -2.12. The van der Waals surface area contributed by atoms with Gasteiger partial charge in [-0.2, -0.15) is 0 Å². The third-order valence-corrected chi connectivity index (χ3v) is 1.84. The molecule has 86 valence electrons. The van der Waals surface area contributed by atoms with Crippen LogP contribution in [-0.2, 0) is 4.79 Å². The number of hydrogen-bond acceptors (Lipinski definition) is 6. The lowest BCUT2D eigenvalue weighted by atomic mass is 10.1. The Kier molecular flexibility index (Phi) is 3.48. The number of hydrogen-bond donors (Lipinski definition) is 3. The smallest absolute Gasteiger partial charge is 0.335 e. The van der Waals surface area contributed by atoms with Gasteiger partial charge in [-0.15, -0.1) is 0 Å². The van der Waals surface area contributed by atoms with Gasteiger partial charge in [-0.25, -0.2) is 4.79 Å². The van der Waals surface area contributed by atoms with Gasteiger partial charge in [-0.3, -0.25) is 15.1 Å². The van der Waals surface area contributed by atoms with Crippen LogP contribution in [0.15, 0.2) is 18.3 Å². The number of carboxylic acid groups (broad SMARTS) is 1. The Labute approximate surface area is 88.9 Å². The number of nitrogens with zero attached hydrogens (tertiary/aromatic N) is 2. The van der Waals surface area contributed by atoms with Crippen molar-refractivity contribution in [2.45, 2.75) is 12.2 Å². The third-order valence-electron chi connectivity index (χ3n) is 1.84. The van der Waals surface area contributed by atoms with Gasteiger partial charge in [0.15, 0.2) is 6.10 Å². The zero-order valence-electron chi connectivity index (χ0n) is 7.85. The molecule has 0 saturated heterocycles. The Balaban J connectivity index is 2.89. The summed E-state index contributed by atoms with van der Waals surface area (Å²) in [4.78, 5) is 23.4. The van der Waals surface area contributed by atoms with Crippen LogP contribution in [0, 0.1) is 10.1 Å². The van der Waals surface area contributed by atoms with E-state index < -0.39 is 23.1 Å². The zero-order chi connectivity index (χ0) is 12.3. The molecule has 1 heterocycles. The number of rotatable bonds is 4. The molecular weight excluding hydrogens is 220 g/mol. The average Bonchev–Trinajstić information content (AvgIpc) is 2.27. The molecule has 0 fully saturated rings. The number of aliphatic hydroxyl groups is 2. The Morgan fingerprint density at radius 1 is 1.44 bits per heavy atom. The van der Waals surface area contributed by atoms with E-state index in [1.807, 2.05) is 0 Å². The maximum absolute atomic E-state index is 10.3. The fourth-order valence-corrected chi connectivity index (χ4v) is 0.977. The Bertz CT molecular complexity index is 403. The molecule has 1 rings (SSSR count). The van der Waals surface area contributed by atoms with Crippen molar-refractivity contribution in [2.24, 2.45) is 0 Å². The molecule has 2 atom stereocenters. The molecule has 8 nitrogen and oxygen atoms in total. The van der Waals surface area contributed by atoms with Crippen LogP contribution in [0.2, 0.25) is 0 Å². The van der Waals surface area contributed by atoms with E-state index in [1.165, 1.54) is 0 Å². The molecule has 1 aromatic rings. The summed E-state index contributed by atoms with van der Waals surface area (Å²) in [6.07, 6.45) is -2.88. The minimum atomic E-state index is -2.02. The van der Waals surface area contributed by atoms with Gasteiger partial charge in [0.2, 0.25) is 0 Å². The van der Waals surface area contributed by atoms with Gasteiger partial charge in [0.1, 0.15) is 12.3 Å². The second-order valence-corrected chi connectivity index (χ2v) is 2.93.